The van der Waals surface area contributed by atoms with Gasteiger partial charge in [-0.1, -0.05) is 26.7 Å². The number of likely N-dealkylation sites (N-methyl/N-ethyl adjacent to an activating group) is 1. The Morgan fingerprint density at radius 3 is 2.82 bits per heavy atom. The van der Waals surface area contributed by atoms with Crippen LogP contribution in [-0.4, -0.2) is 36.5 Å². The summed E-state index contributed by atoms with van der Waals surface area (Å²) in [5.74, 6) is 1.12. The Balaban J connectivity index is 2.41. The molecule has 2 atom stereocenters. The summed E-state index contributed by atoms with van der Waals surface area (Å²) >= 11 is 0. The molecule has 0 saturated carbocycles. The lowest BCUT2D eigenvalue weighted by molar-refractivity contribution is -0.131. The summed E-state index contributed by atoms with van der Waals surface area (Å²) in [4.78, 5) is 14.1. The molecule has 1 amide bonds. The van der Waals surface area contributed by atoms with E-state index in [0.717, 1.165) is 38.4 Å². The van der Waals surface area contributed by atoms with E-state index in [4.69, 9.17) is 0 Å². The molecule has 1 N–H and O–H groups in total. The summed E-state index contributed by atoms with van der Waals surface area (Å²) in [6, 6.07) is 0.409. The van der Waals surface area contributed by atoms with E-state index in [9.17, 15) is 4.79 Å². The van der Waals surface area contributed by atoms with Crippen LogP contribution < -0.4 is 5.32 Å². The van der Waals surface area contributed by atoms with Crippen LogP contribution in [0.4, 0.5) is 0 Å². The summed E-state index contributed by atoms with van der Waals surface area (Å²) in [7, 11) is 0. The van der Waals surface area contributed by atoms with Gasteiger partial charge in [-0.15, -0.1) is 0 Å². The molecule has 100 valence electrons. The maximum absolute atomic E-state index is 12.0. The van der Waals surface area contributed by atoms with Gasteiger partial charge in [-0.05, 0) is 32.2 Å². The van der Waals surface area contributed by atoms with E-state index >= 15 is 0 Å². The molecule has 0 aromatic heterocycles. The van der Waals surface area contributed by atoms with Crippen LogP contribution in [0.5, 0.6) is 0 Å². The third kappa shape index (κ3) is 5.07. The van der Waals surface area contributed by atoms with Crippen molar-refractivity contribution in [2.24, 2.45) is 5.92 Å². The Kier molecular flexibility index (Phi) is 6.56. The van der Waals surface area contributed by atoms with E-state index < -0.39 is 0 Å². The van der Waals surface area contributed by atoms with Crippen LogP contribution in [0.3, 0.4) is 0 Å². The second-order valence-corrected chi connectivity index (χ2v) is 5.28. The van der Waals surface area contributed by atoms with Gasteiger partial charge in [-0.25, -0.2) is 0 Å². The number of rotatable bonds is 6. The lowest BCUT2D eigenvalue weighted by atomic mass is 9.96. The smallest absolute Gasteiger partial charge is 0.222 e. The first-order valence-corrected chi connectivity index (χ1v) is 7.18. The number of carbonyl (C=O) groups is 1. The molecule has 0 aromatic rings. The van der Waals surface area contributed by atoms with Gasteiger partial charge in [-0.3, -0.25) is 4.79 Å². The van der Waals surface area contributed by atoms with Gasteiger partial charge >= 0.3 is 0 Å². The molecule has 3 heteroatoms. The van der Waals surface area contributed by atoms with E-state index in [1.807, 2.05) is 0 Å². The minimum absolute atomic E-state index is 0.355. The summed E-state index contributed by atoms with van der Waals surface area (Å²) < 4.78 is 0. The van der Waals surface area contributed by atoms with Crippen LogP contribution in [0, 0.1) is 5.92 Å². The first-order valence-electron chi connectivity index (χ1n) is 7.18. The Hall–Kier alpha value is -0.570. The van der Waals surface area contributed by atoms with Crippen LogP contribution >= 0.6 is 0 Å². The van der Waals surface area contributed by atoms with Crippen molar-refractivity contribution < 1.29 is 4.79 Å². The molecule has 1 aliphatic heterocycles. The van der Waals surface area contributed by atoms with Crippen molar-refractivity contribution in [1.29, 1.82) is 0 Å². The predicted octanol–water partition coefficient (Wildman–Crippen LogP) is 2.41. The number of nitrogens with one attached hydrogen (secondary N) is 1. The zero-order chi connectivity index (χ0) is 12.7. The molecule has 0 radical (unpaired) electrons. The summed E-state index contributed by atoms with van der Waals surface area (Å²) in [6.45, 7) is 9.30. The summed E-state index contributed by atoms with van der Waals surface area (Å²) in [6.07, 6.45) is 5.57. The molecule has 1 saturated heterocycles. The molecule has 2 unspecified atom stereocenters. The van der Waals surface area contributed by atoms with E-state index in [-0.39, 0.29) is 0 Å². The van der Waals surface area contributed by atoms with Crippen molar-refractivity contribution >= 4 is 5.91 Å². The van der Waals surface area contributed by atoms with Gasteiger partial charge in [0.05, 0.1) is 0 Å². The van der Waals surface area contributed by atoms with E-state index in [1.165, 1.54) is 19.3 Å². The number of likely N-dealkylation sites (tertiary alicyclic amines) is 1. The molecule has 17 heavy (non-hydrogen) atoms. The van der Waals surface area contributed by atoms with Gasteiger partial charge in [0, 0.05) is 25.6 Å². The molecule has 1 aliphatic rings. The highest BCUT2D eigenvalue weighted by molar-refractivity contribution is 5.76. The number of carbonyl (C=O) groups excluding carboxylic acids is 1. The third-order valence-corrected chi connectivity index (χ3v) is 3.67. The van der Waals surface area contributed by atoms with Crippen LogP contribution in [0.2, 0.25) is 0 Å². The fourth-order valence-corrected chi connectivity index (χ4v) is 2.73. The molecule has 0 spiro atoms. The average molecular weight is 240 g/mol. The number of hydrogen-bond acceptors (Lipinski definition) is 2. The van der Waals surface area contributed by atoms with E-state index in [2.05, 4.69) is 31.0 Å². The highest BCUT2D eigenvalue weighted by Crippen LogP contribution is 2.22. The van der Waals surface area contributed by atoms with Crippen LogP contribution in [0.15, 0.2) is 0 Å². The minimum atomic E-state index is 0.355. The largest absolute Gasteiger partial charge is 0.341 e. The molecule has 0 aromatic carbocycles. The Morgan fingerprint density at radius 2 is 2.18 bits per heavy atom. The van der Waals surface area contributed by atoms with Crippen LogP contribution in [-0.2, 0) is 4.79 Å². The fraction of sp³-hybridized carbons (Fsp3) is 0.929. The quantitative estimate of drug-likeness (QED) is 0.773. The summed E-state index contributed by atoms with van der Waals surface area (Å²) in [5, 5.41) is 3.38. The predicted molar refractivity (Wildman–Crippen MR) is 72.0 cm³/mol. The maximum Gasteiger partial charge on any atom is 0.222 e. The van der Waals surface area contributed by atoms with E-state index in [0.29, 0.717) is 11.9 Å². The van der Waals surface area contributed by atoms with Crippen LogP contribution in [0.1, 0.15) is 52.9 Å². The normalized spacial score (nSPS) is 23.6. The average Bonchev–Trinajstić information content (AvgIpc) is 2.45. The number of amides is 1. The SMILES string of the molecule is CCCC1CCC(=O)N(CC(C)NCC)CC1. The van der Waals surface area contributed by atoms with Gasteiger partial charge in [0.1, 0.15) is 0 Å². The van der Waals surface area contributed by atoms with Gasteiger partial charge in [0.25, 0.3) is 0 Å². The molecule has 1 fully saturated rings. The van der Waals surface area contributed by atoms with Crippen molar-refractivity contribution in [3.05, 3.63) is 0 Å². The fourth-order valence-electron chi connectivity index (χ4n) is 2.73. The lowest BCUT2D eigenvalue weighted by Crippen LogP contribution is -2.42. The van der Waals surface area contributed by atoms with Gasteiger partial charge in [-0.2, -0.15) is 0 Å². The van der Waals surface area contributed by atoms with Gasteiger partial charge < -0.3 is 10.2 Å². The Labute approximate surface area is 106 Å². The van der Waals surface area contributed by atoms with Crippen molar-refractivity contribution in [1.82, 2.24) is 10.2 Å². The second kappa shape index (κ2) is 7.70. The van der Waals surface area contributed by atoms with Crippen molar-refractivity contribution in [2.75, 3.05) is 19.6 Å². The number of hydrogen-bond donors (Lipinski definition) is 1. The van der Waals surface area contributed by atoms with Gasteiger partial charge in [0.15, 0.2) is 0 Å². The molecule has 1 rings (SSSR count). The Bertz CT molecular complexity index is 230. The number of nitrogens with zero attached hydrogens (tertiary/aromatic N) is 1. The molecular weight excluding hydrogens is 212 g/mol. The second-order valence-electron chi connectivity index (χ2n) is 5.28. The molecule has 1 heterocycles. The van der Waals surface area contributed by atoms with E-state index in [1.54, 1.807) is 0 Å². The monoisotopic (exact) mass is 240 g/mol. The highest BCUT2D eigenvalue weighted by Gasteiger charge is 2.22. The van der Waals surface area contributed by atoms with Crippen molar-refractivity contribution in [2.45, 2.75) is 58.9 Å². The highest BCUT2D eigenvalue weighted by atomic mass is 16.2. The zero-order valence-corrected chi connectivity index (χ0v) is 11.7. The van der Waals surface area contributed by atoms with Crippen molar-refractivity contribution in [3.63, 3.8) is 0 Å². The minimum Gasteiger partial charge on any atom is -0.341 e. The van der Waals surface area contributed by atoms with Gasteiger partial charge in [0.2, 0.25) is 5.91 Å². The van der Waals surface area contributed by atoms with Crippen LogP contribution in [0.25, 0.3) is 0 Å². The first-order chi connectivity index (χ1) is 8.17. The molecule has 3 nitrogen and oxygen atoms in total. The topological polar surface area (TPSA) is 32.3 Å². The molecular formula is C14H28N2O. The first kappa shape index (κ1) is 14.5. The zero-order valence-electron chi connectivity index (χ0n) is 11.7. The van der Waals surface area contributed by atoms with Crippen molar-refractivity contribution in [3.8, 4) is 0 Å². The molecule has 0 bridgehead atoms. The maximum atomic E-state index is 12.0. The lowest BCUT2D eigenvalue weighted by Gasteiger charge is -2.25. The third-order valence-electron chi connectivity index (χ3n) is 3.67. The Morgan fingerprint density at radius 1 is 1.41 bits per heavy atom. The molecule has 0 aliphatic carbocycles. The summed E-state index contributed by atoms with van der Waals surface area (Å²) in [5.41, 5.74) is 0. The standard InChI is InChI=1S/C14H28N2O/c1-4-6-13-7-8-14(17)16(10-9-13)11-12(3)15-5-2/h12-13,15H,4-11H2,1-3H3.